The summed E-state index contributed by atoms with van der Waals surface area (Å²) in [5.74, 6) is 0.772. The molecule has 88 valence electrons. The Kier molecular flexibility index (Phi) is 4.00. The van der Waals surface area contributed by atoms with Gasteiger partial charge >= 0.3 is 6.03 Å². The lowest BCUT2D eigenvalue weighted by molar-refractivity contribution is 0.164. The molecule has 1 rings (SSSR count). The fourth-order valence-electron chi connectivity index (χ4n) is 1.67. The third kappa shape index (κ3) is 3.73. The third-order valence-electron chi connectivity index (χ3n) is 3.40. The van der Waals surface area contributed by atoms with Gasteiger partial charge in [0, 0.05) is 18.6 Å². The van der Waals surface area contributed by atoms with Crippen molar-refractivity contribution >= 4 is 6.03 Å². The van der Waals surface area contributed by atoms with Gasteiger partial charge in [-0.15, -0.1) is 0 Å². The van der Waals surface area contributed by atoms with Crippen molar-refractivity contribution in [2.24, 2.45) is 5.92 Å². The van der Waals surface area contributed by atoms with Crippen molar-refractivity contribution in [1.82, 2.24) is 10.2 Å². The lowest BCUT2D eigenvalue weighted by Gasteiger charge is -2.34. The Morgan fingerprint density at radius 1 is 1.40 bits per heavy atom. The first-order valence-electron chi connectivity index (χ1n) is 6.01. The zero-order valence-electron chi connectivity index (χ0n) is 10.5. The fourth-order valence-corrected chi connectivity index (χ4v) is 1.67. The summed E-state index contributed by atoms with van der Waals surface area (Å²) in [6, 6.07) is 0.105. The molecule has 0 spiro atoms. The third-order valence-corrected chi connectivity index (χ3v) is 3.40. The molecule has 2 amide bonds. The van der Waals surface area contributed by atoms with E-state index < -0.39 is 0 Å². The van der Waals surface area contributed by atoms with Gasteiger partial charge in [-0.25, -0.2) is 4.79 Å². The van der Waals surface area contributed by atoms with Gasteiger partial charge in [0.1, 0.15) is 0 Å². The van der Waals surface area contributed by atoms with E-state index in [0.717, 1.165) is 38.3 Å². The molecule has 1 aliphatic rings. The van der Waals surface area contributed by atoms with Gasteiger partial charge < -0.3 is 10.2 Å². The van der Waals surface area contributed by atoms with Gasteiger partial charge in [0.25, 0.3) is 0 Å². The van der Waals surface area contributed by atoms with E-state index >= 15 is 0 Å². The molecule has 0 saturated carbocycles. The van der Waals surface area contributed by atoms with Crippen molar-refractivity contribution in [3.63, 3.8) is 0 Å². The zero-order chi connectivity index (χ0) is 11.5. The maximum absolute atomic E-state index is 11.9. The number of nitrogens with zero attached hydrogens (tertiary/aromatic N) is 1. The van der Waals surface area contributed by atoms with E-state index in [1.54, 1.807) is 0 Å². The van der Waals surface area contributed by atoms with Crippen molar-refractivity contribution < 1.29 is 4.79 Å². The van der Waals surface area contributed by atoms with Gasteiger partial charge in [-0.2, -0.15) is 0 Å². The summed E-state index contributed by atoms with van der Waals surface area (Å²) in [4.78, 5) is 13.8. The van der Waals surface area contributed by atoms with Gasteiger partial charge in [0.15, 0.2) is 0 Å². The first-order chi connectivity index (χ1) is 6.94. The van der Waals surface area contributed by atoms with Crippen molar-refractivity contribution in [2.75, 3.05) is 13.1 Å². The van der Waals surface area contributed by atoms with Crippen LogP contribution in [0.4, 0.5) is 4.79 Å². The Hall–Kier alpha value is -0.730. The number of hydrogen-bond acceptors (Lipinski definition) is 1. The standard InChI is InChI=1S/C12H24N2O/c1-5-12(3,4)13-11(15)14-8-6-10(2)7-9-14/h10H,5-9H2,1-4H3,(H,13,15). The highest BCUT2D eigenvalue weighted by Crippen LogP contribution is 2.17. The predicted octanol–water partition coefficient (Wildman–Crippen LogP) is 2.62. The van der Waals surface area contributed by atoms with Crippen LogP contribution in [0.25, 0.3) is 0 Å². The number of rotatable bonds is 2. The molecule has 15 heavy (non-hydrogen) atoms. The lowest BCUT2D eigenvalue weighted by atomic mass is 9.99. The molecule has 1 saturated heterocycles. The largest absolute Gasteiger partial charge is 0.333 e. The monoisotopic (exact) mass is 212 g/mol. The van der Waals surface area contributed by atoms with Crippen molar-refractivity contribution in [3.05, 3.63) is 0 Å². The SMILES string of the molecule is CCC(C)(C)NC(=O)N1CCC(C)CC1. The molecule has 1 aliphatic heterocycles. The van der Waals surface area contributed by atoms with E-state index in [2.05, 4.69) is 33.0 Å². The number of nitrogens with one attached hydrogen (secondary N) is 1. The number of hydrogen-bond donors (Lipinski definition) is 1. The van der Waals surface area contributed by atoms with E-state index in [9.17, 15) is 4.79 Å². The molecule has 0 atom stereocenters. The molecule has 0 radical (unpaired) electrons. The highest BCUT2D eigenvalue weighted by atomic mass is 16.2. The molecule has 0 aromatic carbocycles. The smallest absolute Gasteiger partial charge is 0.317 e. The molecular formula is C12H24N2O. The molecule has 1 N–H and O–H groups in total. The predicted molar refractivity (Wildman–Crippen MR) is 62.9 cm³/mol. The first kappa shape index (κ1) is 12.3. The summed E-state index contributed by atoms with van der Waals surface area (Å²) in [6.07, 6.45) is 3.24. The Morgan fingerprint density at radius 3 is 2.40 bits per heavy atom. The normalized spacial score (nSPS) is 19.1. The summed E-state index contributed by atoms with van der Waals surface area (Å²) < 4.78 is 0. The van der Waals surface area contributed by atoms with E-state index in [4.69, 9.17) is 0 Å². The van der Waals surface area contributed by atoms with Crippen LogP contribution in [-0.4, -0.2) is 29.6 Å². The first-order valence-corrected chi connectivity index (χ1v) is 6.01. The molecule has 3 nitrogen and oxygen atoms in total. The van der Waals surface area contributed by atoms with E-state index in [-0.39, 0.29) is 11.6 Å². The second-order valence-corrected chi connectivity index (χ2v) is 5.34. The molecule has 3 heteroatoms. The molecule has 0 aliphatic carbocycles. The summed E-state index contributed by atoms with van der Waals surface area (Å²) in [5.41, 5.74) is -0.0832. The lowest BCUT2D eigenvalue weighted by Crippen LogP contribution is -2.51. The summed E-state index contributed by atoms with van der Waals surface area (Å²) in [6.45, 7) is 10.3. The molecule has 0 aromatic rings. The Labute approximate surface area is 93.2 Å². The van der Waals surface area contributed by atoms with Gasteiger partial charge in [-0.05, 0) is 39.0 Å². The minimum absolute atomic E-state index is 0.0832. The highest BCUT2D eigenvalue weighted by Gasteiger charge is 2.24. The molecule has 1 heterocycles. The molecule has 0 aromatic heterocycles. The summed E-state index contributed by atoms with van der Waals surface area (Å²) >= 11 is 0. The molecular weight excluding hydrogens is 188 g/mol. The van der Waals surface area contributed by atoms with Crippen LogP contribution in [0.15, 0.2) is 0 Å². The van der Waals surface area contributed by atoms with Crippen LogP contribution >= 0.6 is 0 Å². The Balaban J connectivity index is 2.41. The number of carbonyl (C=O) groups is 1. The van der Waals surface area contributed by atoms with Gasteiger partial charge in [-0.1, -0.05) is 13.8 Å². The van der Waals surface area contributed by atoms with Crippen LogP contribution in [0.1, 0.15) is 47.0 Å². The van der Waals surface area contributed by atoms with Crippen LogP contribution in [0.5, 0.6) is 0 Å². The van der Waals surface area contributed by atoms with Crippen LogP contribution in [0.3, 0.4) is 0 Å². The second kappa shape index (κ2) is 4.86. The van der Waals surface area contributed by atoms with Crippen molar-refractivity contribution in [3.8, 4) is 0 Å². The average molecular weight is 212 g/mol. The maximum atomic E-state index is 11.9. The Morgan fingerprint density at radius 2 is 1.93 bits per heavy atom. The minimum atomic E-state index is -0.0832. The highest BCUT2D eigenvalue weighted by molar-refractivity contribution is 5.75. The topological polar surface area (TPSA) is 32.3 Å². The number of piperidine rings is 1. The van der Waals surface area contributed by atoms with Gasteiger partial charge in [0.2, 0.25) is 0 Å². The second-order valence-electron chi connectivity index (χ2n) is 5.34. The number of likely N-dealkylation sites (tertiary alicyclic amines) is 1. The molecule has 0 unspecified atom stereocenters. The van der Waals surface area contributed by atoms with Gasteiger partial charge in [0.05, 0.1) is 0 Å². The number of amides is 2. The molecule has 0 bridgehead atoms. The summed E-state index contributed by atoms with van der Waals surface area (Å²) in [7, 11) is 0. The number of carbonyl (C=O) groups excluding carboxylic acids is 1. The quantitative estimate of drug-likeness (QED) is 0.749. The van der Waals surface area contributed by atoms with Crippen LogP contribution in [0.2, 0.25) is 0 Å². The van der Waals surface area contributed by atoms with Crippen LogP contribution < -0.4 is 5.32 Å². The van der Waals surface area contributed by atoms with E-state index in [1.807, 2.05) is 4.90 Å². The van der Waals surface area contributed by atoms with Crippen LogP contribution in [0, 0.1) is 5.92 Å². The van der Waals surface area contributed by atoms with Crippen molar-refractivity contribution in [1.29, 1.82) is 0 Å². The maximum Gasteiger partial charge on any atom is 0.317 e. The van der Waals surface area contributed by atoms with Crippen molar-refractivity contribution in [2.45, 2.75) is 52.5 Å². The Bertz CT molecular complexity index is 218. The van der Waals surface area contributed by atoms with Gasteiger partial charge in [-0.3, -0.25) is 0 Å². The number of urea groups is 1. The molecule has 1 fully saturated rings. The van der Waals surface area contributed by atoms with E-state index in [1.165, 1.54) is 0 Å². The van der Waals surface area contributed by atoms with E-state index in [0.29, 0.717) is 0 Å². The zero-order valence-corrected chi connectivity index (χ0v) is 10.5. The minimum Gasteiger partial charge on any atom is -0.333 e. The fraction of sp³-hybridized carbons (Fsp3) is 0.917. The summed E-state index contributed by atoms with van der Waals surface area (Å²) in [5, 5.41) is 3.08. The average Bonchev–Trinajstić information content (AvgIpc) is 2.18. The van der Waals surface area contributed by atoms with Crippen LogP contribution in [-0.2, 0) is 0 Å².